The number of hydrogen-bond acceptors (Lipinski definition) is 1. The Hall–Kier alpha value is -1.95. The van der Waals surface area contributed by atoms with Gasteiger partial charge in [0.1, 0.15) is 17.2 Å². The van der Waals surface area contributed by atoms with Crippen LogP contribution in [0.3, 0.4) is 0 Å². The van der Waals surface area contributed by atoms with Crippen LogP contribution in [0.4, 0.5) is 22.0 Å². The second-order valence-electron chi connectivity index (χ2n) is 8.86. The summed E-state index contributed by atoms with van der Waals surface area (Å²) in [5.41, 5.74) is -0.0561. The molecule has 0 bridgehead atoms. The quantitative estimate of drug-likeness (QED) is 0.444. The van der Waals surface area contributed by atoms with Crippen molar-refractivity contribution in [2.24, 2.45) is 11.8 Å². The maximum Gasteiger partial charge on any atom is 0.422 e. The van der Waals surface area contributed by atoms with E-state index in [2.05, 4.69) is 0 Å². The molecule has 2 fully saturated rings. The normalized spacial score (nSPS) is 26.5. The van der Waals surface area contributed by atoms with Crippen molar-refractivity contribution in [3.8, 4) is 11.1 Å². The van der Waals surface area contributed by atoms with Crippen LogP contribution in [0.1, 0.15) is 62.5 Å². The van der Waals surface area contributed by atoms with Crippen LogP contribution in [0, 0.1) is 23.5 Å². The molecule has 6 heteroatoms. The number of fused-ring (bicyclic) bond motifs is 1. The largest absolute Gasteiger partial charge is 0.422 e. The Balaban J connectivity index is 1.46. The molecule has 168 valence electrons. The monoisotopic (exact) mass is 438 g/mol. The second kappa shape index (κ2) is 8.89. The molecule has 0 N–H and O–H groups in total. The predicted molar refractivity (Wildman–Crippen MR) is 110 cm³/mol. The van der Waals surface area contributed by atoms with Crippen LogP contribution >= 0.6 is 0 Å². The van der Waals surface area contributed by atoms with E-state index in [-0.39, 0.29) is 5.56 Å². The number of hydrogen-bond donors (Lipinski definition) is 0. The van der Waals surface area contributed by atoms with Crippen molar-refractivity contribution in [2.45, 2.75) is 63.6 Å². The Bertz CT molecular complexity index is 882. The van der Waals surface area contributed by atoms with E-state index in [1.807, 2.05) is 19.1 Å². The molecule has 0 amide bonds. The van der Waals surface area contributed by atoms with Crippen LogP contribution in [0.5, 0.6) is 0 Å². The van der Waals surface area contributed by atoms with E-state index >= 15 is 0 Å². The Morgan fingerprint density at radius 3 is 2.06 bits per heavy atom. The van der Waals surface area contributed by atoms with E-state index in [1.165, 1.54) is 18.4 Å². The molecular weight excluding hydrogens is 411 g/mol. The van der Waals surface area contributed by atoms with Gasteiger partial charge in [-0.1, -0.05) is 24.3 Å². The fraction of sp³-hybridized carbons (Fsp3) is 0.520. The van der Waals surface area contributed by atoms with Crippen LogP contribution in [-0.4, -0.2) is 12.7 Å². The van der Waals surface area contributed by atoms with Crippen LogP contribution in [0.15, 0.2) is 36.4 Å². The molecule has 2 aromatic rings. The topological polar surface area (TPSA) is 9.23 Å². The van der Waals surface area contributed by atoms with Crippen molar-refractivity contribution in [3.63, 3.8) is 0 Å². The Kier molecular flexibility index (Phi) is 6.38. The van der Waals surface area contributed by atoms with Gasteiger partial charge >= 0.3 is 6.18 Å². The molecule has 0 saturated heterocycles. The summed E-state index contributed by atoms with van der Waals surface area (Å²) < 4.78 is 72.1. The Morgan fingerprint density at radius 2 is 1.45 bits per heavy atom. The third-order valence-corrected chi connectivity index (χ3v) is 7.01. The molecule has 2 aromatic carbocycles. The zero-order valence-electron chi connectivity index (χ0n) is 17.5. The van der Waals surface area contributed by atoms with E-state index in [0.29, 0.717) is 23.5 Å². The molecule has 2 aliphatic rings. The highest BCUT2D eigenvalue weighted by Gasteiger charge is 2.38. The SMILES string of the molecule is CCOC1CCC2CC(c3ccc(-c4cc(F)c(C(F)(F)F)c(F)c4)cc3)CCC2C1. The molecule has 1 nitrogen and oxygen atoms in total. The molecule has 0 radical (unpaired) electrons. The summed E-state index contributed by atoms with van der Waals surface area (Å²) in [5, 5.41) is 0. The molecule has 0 spiro atoms. The first kappa shape index (κ1) is 22.3. The van der Waals surface area contributed by atoms with Gasteiger partial charge in [-0.05, 0) is 92.0 Å². The lowest BCUT2D eigenvalue weighted by Crippen LogP contribution is -2.33. The standard InChI is InChI=1S/C25H27F5O/c1-2-31-21-10-9-18-11-17(7-8-19(18)12-21)15-3-5-16(6-4-15)20-13-22(26)24(23(27)14-20)25(28,29)30/h3-6,13-14,17-19,21H,2,7-12H2,1H3. The van der Waals surface area contributed by atoms with Crippen LogP contribution < -0.4 is 0 Å². The van der Waals surface area contributed by atoms with E-state index in [0.717, 1.165) is 50.3 Å². The average Bonchev–Trinajstić information content (AvgIpc) is 2.72. The smallest absolute Gasteiger partial charge is 0.378 e. The van der Waals surface area contributed by atoms with Gasteiger partial charge in [0.15, 0.2) is 0 Å². The minimum Gasteiger partial charge on any atom is -0.378 e. The number of alkyl halides is 3. The maximum absolute atomic E-state index is 13.9. The van der Waals surface area contributed by atoms with Crippen LogP contribution in [0.25, 0.3) is 11.1 Å². The van der Waals surface area contributed by atoms with Gasteiger partial charge < -0.3 is 4.74 Å². The van der Waals surface area contributed by atoms with Crippen molar-refractivity contribution in [3.05, 3.63) is 59.2 Å². The zero-order chi connectivity index (χ0) is 22.2. The number of rotatable bonds is 4. The number of halogens is 5. The lowest BCUT2D eigenvalue weighted by Gasteiger charge is -2.42. The summed E-state index contributed by atoms with van der Waals surface area (Å²) in [6.07, 6.45) is 2.20. The van der Waals surface area contributed by atoms with Gasteiger partial charge in [-0.15, -0.1) is 0 Å². The fourth-order valence-electron chi connectivity index (χ4n) is 5.49. The van der Waals surface area contributed by atoms with Crippen molar-refractivity contribution in [1.82, 2.24) is 0 Å². The van der Waals surface area contributed by atoms with E-state index in [1.54, 1.807) is 12.1 Å². The minimum absolute atomic E-state index is 0.104. The Labute approximate surface area is 179 Å². The summed E-state index contributed by atoms with van der Waals surface area (Å²) in [6, 6.07) is 8.88. The fourth-order valence-corrected chi connectivity index (χ4v) is 5.49. The highest BCUT2D eigenvalue weighted by molar-refractivity contribution is 5.64. The third kappa shape index (κ3) is 4.79. The van der Waals surface area contributed by atoms with Crippen molar-refractivity contribution in [2.75, 3.05) is 6.61 Å². The first-order valence-corrected chi connectivity index (χ1v) is 11.0. The average molecular weight is 438 g/mol. The van der Waals surface area contributed by atoms with Gasteiger partial charge in [0, 0.05) is 6.61 Å². The second-order valence-corrected chi connectivity index (χ2v) is 8.86. The highest BCUT2D eigenvalue weighted by Crippen LogP contribution is 2.47. The van der Waals surface area contributed by atoms with Gasteiger partial charge in [0.05, 0.1) is 6.10 Å². The molecule has 31 heavy (non-hydrogen) atoms. The van der Waals surface area contributed by atoms with Gasteiger partial charge in [-0.25, -0.2) is 8.78 Å². The third-order valence-electron chi connectivity index (χ3n) is 7.01. The summed E-state index contributed by atoms with van der Waals surface area (Å²) in [5.74, 6) is -1.31. The van der Waals surface area contributed by atoms with E-state index in [4.69, 9.17) is 4.74 Å². The summed E-state index contributed by atoms with van der Waals surface area (Å²) >= 11 is 0. The van der Waals surface area contributed by atoms with Gasteiger partial charge in [-0.3, -0.25) is 0 Å². The molecule has 4 unspecified atom stereocenters. The Morgan fingerprint density at radius 1 is 0.839 bits per heavy atom. The highest BCUT2D eigenvalue weighted by atomic mass is 19.4. The first-order chi connectivity index (χ1) is 14.8. The summed E-state index contributed by atoms with van der Waals surface area (Å²) in [6.45, 7) is 2.81. The van der Waals surface area contributed by atoms with E-state index < -0.39 is 23.4 Å². The lowest BCUT2D eigenvalue weighted by atomic mass is 9.65. The van der Waals surface area contributed by atoms with Gasteiger partial charge in [0.2, 0.25) is 0 Å². The van der Waals surface area contributed by atoms with Gasteiger partial charge in [-0.2, -0.15) is 13.2 Å². The molecule has 0 aromatic heterocycles. The number of ether oxygens (including phenoxy) is 1. The molecular formula is C25H27F5O. The summed E-state index contributed by atoms with van der Waals surface area (Å²) in [7, 11) is 0. The number of benzene rings is 2. The van der Waals surface area contributed by atoms with E-state index in [9.17, 15) is 22.0 Å². The summed E-state index contributed by atoms with van der Waals surface area (Å²) in [4.78, 5) is 0. The molecule has 0 aliphatic heterocycles. The molecule has 4 atom stereocenters. The molecule has 0 heterocycles. The lowest BCUT2D eigenvalue weighted by molar-refractivity contribution is -0.142. The predicted octanol–water partition coefficient (Wildman–Crippen LogP) is 7.74. The van der Waals surface area contributed by atoms with Crippen molar-refractivity contribution >= 4 is 0 Å². The molecule has 2 saturated carbocycles. The minimum atomic E-state index is -5.06. The van der Waals surface area contributed by atoms with Crippen molar-refractivity contribution in [1.29, 1.82) is 0 Å². The molecule has 4 rings (SSSR count). The molecule has 2 aliphatic carbocycles. The van der Waals surface area contributed by atoms with Crippen LogP contribution in [-0.2, 0) is 10.9 Å². The van der Waals surface area contributed by atoms with Crippen molar-refractivity contribution < 1.29 is 26.7 Å². The maximum atomic E-state index is 13.9. The van der Waals surface area contributed by atoms with Gasteiger partial charge in [0.25, 0.3) is 0 Å². The first-order valence-electron chi connectivity index (χ1n) is 11.0. The van der Waals surface area contributed by atoms with Crippen LogP contribution in [0.2, 0.25) is 0 Å². The zero-order valence-corrected chi connectivity index (χ0v) is 17.5.